The fraction of sp³-hybridized carbons (Fsp3) is 0.188. The Bertz CT molecular complexity index is 581. The Balaban J connectivity index is 1.94. The zero-order valence-electron chi connectivity index (χ0n) is 11.0. The van der Waals surface area contributed by atoms with Gasteiger partial charge in [0.15, 0.2) is 0 Å². The van der Waals surface area contributed by atoms with Crippen LogP contribution >= 0.6 is 15.9 Å². The number of anilines is 1. The fourth-order valence-electron chi connectivity index (χ4n) is 1.92. The molecular formula is C16H16BrNO2. The fourth-order valence-corrected chi connectivity index (χ4v) is 2.38. The zero-order chi connectivity index (χ0) is 14.4. The Morgan fingerprint density at radius 3 is 2.50 bits per heavy atom. The first kappa shape index (κ1) is 14.6. The molecule has 0 heterocycles. The molecule has 0 aliphatic carbocycles. The van der Waals surface area contributed by atoms with Crippen molar-refractivity contribution in [1.29, 1.82) is 0 Å². The van der Waals surface area contributed by atoms with Gasteiger partial charge < -0.3 is 10.4 Å². The van der Waals surface area contributed by atoms with Gasteiger partial charge in [0.05, 0.1) is 6.42 Å². The number of rotatable bonds is 5. The van der Waals surface area contributed by atoms with E-state index in [4.69, 9.17) is 0 Å². The van der Waals surface area contributed by atoms with Crippen LogP contribution in [0.2, 0.25) is 0 Å². The topological polar surface area (TPSA) is 49.3 Å². The van der Waals surface area contributed by atoms with Crippen LogP contribution in [0.15, 0.2) is 48.5 Å². The van der Waals surface area contributed by atoms with Gasteiger partial charge in [-0.2, -0.15) is 0 Å². The third-order valence-electron chi connectivity index (χ3n) is 2.90. The number of hydrogen-bond donors (Lipinski definition) is 2. The molecule has 0 atom stereocenters. The average Bonchev–Trinajstić information content (AvgIpc) is 2.41. The summed E-state index contributed by atoms with van der Waals surface area (Å²) in [5.74, 6) is 0.0817. The van der Waals surface area contributed by atoms with Crippen LogP contribution in [0.4, 0.5) is 5.69 Å². The summed E-state index contributed by atoms with van der Waals surface area (Å²) in [6.07, 6.45) is 1.22. The molecule has 0 aliphatic rings. The van der Waals surface area contributed by atoms with Crippen LogP contribution in [-0.2, 0) is 17.6 Å². The summed E-state index contributed by atoms with van der Waals surface area (Å²) in [5, 5.41) is 13.1. The van der Waals surface area contributed by atoms with Crippen molar-refractivity contribution in [2.75, 3.05) is 10.6 Å². The predicted octanol–water partition coefficient (Wildman–Crippen LogP) is 3.51. The van der Waals surface area contributed by atoms with Gasteiger partial charge in [0.25, 0.3) is 0 Å². The number of alkyl halides is 1. The number of aryl methyl sites for hydroxylation is 1. The molecule has 104 valence electrons. The van der Waals surface area contributed by atoms with E-state index in [0.29, 0.717) is 0 Å². The van der Waals surface area contributed by atoms with Crippen LogP contribution in [0, 0.1) is 0 Å². The largest absolute Gasteiger partial charge is 0.508 e. The van der Waals surface area contributed by atoms with Crippen LogP contribution < -0.4 is 5.32 Å². The van der Waals surface area contributed by atoms with Crippen molar-refractivity contribution >= 4 is 27.5 Å². The monoisotopic (exact) mass is 333 g/mol. The summed E-state index contributed by atoms with van der Waals surface area (Å²) >= 11 is 3.40. The summed E-state index contributed by atoms with van der Waals surface area (Å²) in [4.78, 5) is 11.9. The van der Waals surface area contributed by atoms with Crippen LogP contribution in [0.1, 0.15) is 11.1 Å². The molecule has 0 radical (unpaired) electrons. The van der Waals surface area contributed by atoms with Gasteiger partial charge in [-0.25, -0.2) is 0 Å². The predicted molar refractivity (Wildman–Crippen MR) is 84.4 cm³/mol. The lowest BCUT2D eigenvalue weighted by Crippen LogP contribution is -2.14. The first-order valence-electron chi connectivity index (χ1n) is 6.40. The SMILES string of the molecule is O=C(Cc1cccc(O)c1)Nc1ccc(CCBr)cc1. The van der Waals surface area contributed by atoms with Crippen molar-refractivity contribution in [1.82, 2.24) is 0 Å². The van der Waals surface area contributed by atoms with Crippen LogP contribution in [0.5, 0.6) is 5.75 Å². The van der Waals surface area contributed by atoms with Crippen molar-refractivity contribution in [2.24, 2.45) is 0 Å². The minimum absolute atomic E-state index is 0.0937. The Hall–Kier alpha value is -1.81. The highest BCUT2D eigenvalue weighted by atomic mass is 79.9. The maximum atomic E-state index is 11.9. The molecule has 0 aliphatic heterocycles. The van der Waals surface area contributed by atoms with E-state index >= 15 is 0 Å². The van der Waals surface area contributed by atoms with E-state index in [1.165, 1.54) is 5.56 Å². The average molecular weight is 334 g/mol. The molecule has 0 fully saturated rings. The van der Waals surface area contributed by atoms with Crippen molar-refractivity contribution < 1.29 is 9.90 Å². The number of benzene rings is 2. The number of phenolic OH excluding ortho intramolecular Hbond substituents is 1. The third kappa shape index (κ3) is 4.38. The molecule has 0 unspecified atom stereocenters. The first-order chi connectivity index (χ1) is 9.67. The lowest BCUT2D eigenvalue weighted by atomic mass is 10.1. The highest BCUT2D eigenvalue weighted by molar-refractivity contribution is 9.09. The molecule has 4 heteroatoms. The van der Waals surface area contributed by atoms with E-state index in [1.807, 2.05) is 30.3 Å². The zero-order valence-corrected chi connectivity index (χ0v) is 12.6. The second kappa shape index (κ2) is 7.10. The highest BCUT2D eigenvalue weighted by Gasteiger charge is 2.04. The standard InChI is InChI=1S/C16H16BrNO2/c17-9-8-12-4-6-14(7-5-12)18-16(20)11-13-2-1-3-15(19)10-13/h1-7,10,19H,8-9,11H2,(H,18,20). The van der Waals surface area contributed by atoms with E-state index < -0.39 is 0 Å². The van der Waals surface area contributed by atoms with Gasteiger partial charge >= 0.3 is 0 Å². The lowest BCUT2D eigenvalue weighted by Gasteiger charge is -2.06. The van der Waals surface area contributed by atoms with Crippen molar-refractivity contribution in [3.63, 3.8) is 0 Å². The maximum absolute atomic E-state index is 11.9. The first-order valence-corrected chi connectivity index (χ1v) is 7.52. The molecule has 2 rings (SSSR count). The molecule has 20 heavy (non-hydrogen) atoms. The van der Waals surface area contributed by atoms with Crippen LogP contribution in [0.25, 0.3) is 0 Å². The van der Waals surface area contributed by atoms with E-state index in [1.54, 1.807) is 18.2 Å². The van der Waals surface area contributed by atoms with Gasteiger partial charge in [0.2, 0.25) is 5.91 Å². The quantitative estimate of drug-likeness (QED) is 0.822. The lowest BCUT2D eigenvalue weighted by molar-refractivity contribution is -0.115. The van der Waals surface area contributed by atoms with Gasteiger partial charge in [-0.1, -0.05) is 40.2 Å². The van der Waals surface area contributed by atoms with Gasteiger partial charge in [0, 0.05) is 11.0 Å². The molecule has 2 aromatic carbocycles. The number of phenols is 1. The molecule has 0 aromatic heterocycles. The Labute approximate surface area is 126 Å². The van der Waals surface area contributed by atoms with Crippen molar-refractivity contribution in [3.8, 4) is 5.75 Å². The number of halogens is 1. The summed E-state index contributed by atoms with van der Waals surface area (Å²) in [5.41, 5.74) is 2.81. The normalized spacial score (nSPS) is 10.2. The van der Waals surface area contributed by atoms with Crippen LogP contribution in [0.3, 0.4) is 0 Å². The van der Waals surface area contributed by atoms with Gasteiger partial charge in [0.1, 0.15) is 5.75 Å². The molecular weight excluding hydrogens is 318 g/mol. The number of carbonyl (C=O) groups is 1. The van der Waals surface area contributed by atoms with Crippen LogP contribution in [-0.4, -0.2) is 16.3 Å². The summed E-state index contributed by atoms with van der Waals surface area (Å²) in [7, 11) is 0. The summed E-state index contributed by atoms with van der Waals surface area (Å²) < 4.78 is 0. The second-order valence-corrected chi connectivity index (χ2v) is 5.32. The maximum Gasteiger partial charge on any atom is 0.228 e. The van der Waals surface area contributed by atoms with E-state index in [-0.39, 0.29) is 18.1 Å². The van der Waals surface area contributed by atoms with Crippen molar-refractivity contribution in [2.45, 2.75) is 12.8 Å². The minimum Gasteiger partial charge on any atom is -0.508 e. The minimum atomic E-state index is -0.0937. The second-order valence-electron chi connectivity index (χ2n) is 4.53. The summed E-state index contributed by atoms with van der Waals surface area (Å²) in [6, 6.07) is 14.5. The van der Waals surface area contributed by atoms with E-state index in [0.717, 1.165) is 23.0 Å². The number of amides is 1. The molecule has 0 spiro atoms. The number of nitrogens with one attached hydrogen (secondary N) is 1. The Kier molecular flexibility index (Phi) is 5.18. The Morgan fingerprint density at radius 2 is 1.85 bits per heavy atom. The molecule has 0 bridgehead atoms. The molecule has 3 nitrogen and oxygen atoms in total. The highest BCUT2D eigenvalue weighted by Crippen LogP contribution is 2.14. The Morgan fingerprint density at radius 1 is 1.10 bits per heavy atom. The van der Waals surface area contributed by atoms with E-state index in [9.17, 15) is 9.90 Å². The number of hydrogen-bond acceptors (Lipinski definition) is 2. The number of carbonyl (C=O) groups excluding carboxylic acids is 1. The van der Waals surface area contributed by atoms with Gasteiger partial charge in [-0.15, -0.1) is 0 Å². The molecule has 1 amide bonds. The van der Waals surface area contributed by atoms with E-state index in [2.05, 4.69) is 21.2 Å². The molecule has 0 saturated carbocycles. The third-order valence-corrected chi connectivity index (χ3v) is 3.29. The van der Waals surface area contributed by atoms with Gasteiger partial charge in [-0.3, -0.25) is 4.79 Å². The number of aromatic hydroxyl groups is 1. The van der Waals surface area contributed by atoms with Crippen molar-refractivity contribution in [3.05, 3.63) is 59.7 Å². The van der Waals surface area contributed by atoms with Gasteiger partial charge in [-0.05, 0) is 41.8 Å². The summed E-state index contributed by atoms with van der Waals surface area (Å²) in [6.45, 7) is 0. The molecule has 2 aromatic rings. The molecule has 2 N–H and O–H groups in total. The molecule has 0 saturated heterocycles. The smallest absolute Gasteiger partial charge is 0.228 e.